The van der Waals surface area contributed by atoms with Crippen LogP contribution in [0.5, 0.6) is 5.75 Å². The van der Waals surface area contributed by atoms with Gasteiger partial charge >= 0.3 is 0 Å². The molecule has 2 aromatic carbocycles. The number of carbonyl (C=O) groups excluding carboxylic acids is 2. The standard InChI is InChI=1S/C22H28ClN3O5S/c1-5-24-22(28)16(2)25(14-17-9-7-6-8-10-17)21(27)15-26(32(4,29)30)18-11-12-20(31-3)19(23)13-18/h6-13,16H,5,14-15H2,1-4H3,(H,24,28)/t16-/m0/s1. The van der Waals surface area contributed by atoms with Crippen molar-refractivity contribution in [2.45, 2.75) is 26.4 Å². The van der Waals surface area contributed by atoms with Crippen LogP contribution in [0.1, 0.15) is 19.4 Å². The van der Waals surface area contributed by atoms with Crippen LogP contribution in [0, 0.1) is 0 Å². The monoisotopic (exact) mass is 481 g/mol. The molecule has 0 heterocycles. The van der Waals surface area contributed by atoms with Gasteiger partial charge in [-0.1, -0.05) is 41.9 Å². The Morgan fingerprint density at radius 3 is 2.34 bits per heavy atom. The van der Waals surface area contributed by atoms with E-state index in [0.717, 1.165) is 16.1 Å². The number of ether oxygens (including phenoxy) is 1. The smallest absolute Gasteiger partial charge is 0.244 e. The van der Waals surface area contributed by atoms with Gasteiger partial charge in [0.2, 0.25) is 21.8 Å². The van der Waals surface area contributed by atoms with E-state index in [1.807, 2.05) is 30.3 Å². The van der Waals surface area contributed by atoms with Gasteiger partial charge in [-0.25, -0.2) is 8.42 Å². The molecule has 0 aromatic heterocycles. The summed E-state index contributed by atoms with van der Waals surface area (Å²) < 4.78 is 31.1. The molecule has 0 saturated heterocycles. The summed E-state index contributed by atoms with van der Waals surface area (Å²) in [6.45, 7) is 3.47. The van der Waals surface area contributed by atoms with E-state index in [-0.39, 0.29) is 23.2 Å². The van der Waals surface area contributed by atoms with E-state index in [9.17, 15) is 18.0 Å². The summed E-state index contributed by atoms with van der Waals surface area (Å²) in [6.07, 6.45) is 1.01. The lowest BCUT2D eigenvalue weighted by atomic mass is 10.1. The Bertz CT molecular complexity index is 1050. The van der Waals surface area contributed by atoms with Gasteiger partial charge in [-0.3, -0.25) is 13.9 Å². The van der Waals surface area contributed by atoms with E-state index >= 15 is 0 Å². The van der Waals surface area contributed by atoms with Crippen LogP contribution in [0.2, 0.25) is 5.02 Å². The number of nitrogens with zero attached hydrogens (tertiary/aromatic N) is 2. The van der Waals surface area contributed by atoms with Crippen LogP contribution in [0.4, 0.5) is 5.69 Å². The number of anilines is 1. The lowest BCUT2D eigenvalue weighted by Gasteiger charge is -2.31. The Morgan fingerprint density at radius 1 is 1.16 bits per heavy atom. The van der Waals surface area contributed by atoms with Crippen molar-refractivity contribution in [3.8, 4) is 5.75 Å². The lowest BCUT2D eigenvalue weighted by molar-refractivity contribution is -0.139. The molecule has 0 aliphatic heterocycles. The van der Waals surface area contributed by atoms with E-state index in [1.54, 1.807) is 13.8 Å². The van der Waals surface area contributed by atoms with Gasteiger partial charge in [-0.2, -0.15) is 0 Å². The maximum absolute atomic E-state index is 13.3. The van der Waals surface area contributed by atoms with Gasteiger partial charge in [0, 0.05) is 13.1 Å². The van der Waals surface area contributed by atoms with Crippen LogP contribution in [-0.2, 0) is 26.2 Å². The van der Waals surface area contributed by atoms with Crippen LogP contribution < -0.4 is 14.4 Å². The zero-order valence-electron chi connectivity index (χ0n) is 18.5. The topological polar surface area (TPSA) is 96.0 Å². The van der Waals surface area contributed by atoms with E-state index < -0.39 is 28.5 Å². The van der Waals surface area contributed by atoms with Crippen molar-refractivity contribution in [3.05, 3.63) is 59.1 Å². The molecule has 0 unspecified atom stereocenters. The molecular weight excluding hydrogens is 454 g/mol. The molecule has 0 radical (unpaired) electrons. The first-order valence-corrected chi connectivity index (χ1v) is 12.2. The Morgan fingerprint density at radius 2 is 1.81 bits per heavy atom. The highest BCUT2D eigenvalue weighted by Crippen LogP contribution is 2.30. The van der Waals surface area contributed by atoms with Crippen LogP contribution >= 0.6 is 11.6 Å². The molecule has 1 N–H and O–H groups in total. The van der Waals surface area contributed by atoms with E-state index in [4.69, 9.17) is 16.3 Å². The molecule has 0 saturated carbocycles. The molecule has 0 fully saturated rings. The first-order chi connectivity index (χ1) is 15.1. The van der Waals surface area contributed by atoms with Crippen molar-refractivity contribution in [1.82, 2.24) is 10.2 Å². The Hall–Kier alpha value is -2.78. The molecule has 8 nitrogen and oxygen atoms in total. The number of amides is 2. The van der Waals surface area contributed by atoms with E-state index in [1.165, 1.54) is 30.2 Å². The zero-order valence-corrected chi connectivity index (χ0v) is 20.1. The highest BCUT2D eigenvalue weighted by Gasteiger charge is 2.30. The average Bonchev–Trinajstić information content (AvgIpc) is 2.75. The fourth-order valence-electron chi connectivity index (χ4n) is 3.11. The second-order valence-corrected chi connectivity index (χ2v) is 9.48. The second kappa shape index (κ2) is 11.2. The van der Waals surface area contributed by atoms with Crippen molar-refractivity contribution >= 4 is 39.1 Å². The fourth-order valence-corrected chi connectivity index (χ4v) is 4.20. The third-order valence-corrected chi connectivity index (χ3v) is 6.25. The Kier molecular flexibility index (Phi) is 8.91. The van der Waals surface area contributed by atoms with Gasteiger partial charge in [0.25, 0.3) is 0 Å². The number of likely N-dealkylation sites (N-methyl/N-ethyl adjacent to an activating group) is 1. The number of sulfonamides is 1. The molecule has 2 rings (SSSR count). The number of carbonyl (C=O) groups is 2. The van der Waals surface area contributed by atoms with Gasteiger partial charge in [-0.15, -0.1) is 0 Å². The van der Waals surface area contributed by atoms with Crippen LogP contribution in [0.15, 0.2) is 48.5 Å². The third kappa shape index (κ3) is 6.61. The highest BCUT2D eigenvalue weighted by atomic mass is 35.5. The Labute approximate surface area is 194 Å². The van der Waals surface area contributed by atoms with Crippen LogP contribution in [0.3, 0.4) is 0 Å². The molecule has 0 aliphatic carbocycles. The maximum atomic E-state index is 13.3. The molecular formula is C22H28ClN3O5S. The molecule has 10 heteroatoms. The summed E-state index contributed by atoms with van der Waals surface area (Å²) in [5.41, 5.74) is 1.03. The van der Waals surface area contributed by atoms with Gasteiger partial charge in [0.1, 0.15) is 18.3 Å². The van der Waals surface area contributed by atoms with E-state index in [0.29, 0.717) is 12.3 Å². The normalized spacial score (nSPS) is 12.0. The molecule has 2 amide bonds. The van der Waals surface area contributed by atoms with Crippen molar-refractivity contribution in [1.29, 1.82) is 0 Å². The first-order valence-electron chi connectivity index (χ1n) is 10.0. The van der Waals surface area contributed by atoms with Crippen molar-refractivity contribution in [2.24, 2.45) is 0 Å². The molecule has 0 spiro atoms. The van der Waals surface area contributed by atoms with Crippen LogP contribution in [-0.4, -0.2) is 57.6 Å². The number of hydrogen-bond acceptors (Lipinski definition) is 5. The minimum absolute atomic E-state index is 0.152. The van der Waals surface area contributed by atoms with Gasteiger partial charge in [0.15, 0.2) is 0 Å². The Balaban J connectivity index is 2.38. The highest BCUT2D eigenvalue weighted by molar-refractivity contribution is 7.92. The SMILES string of the molecule is CCNC(=O)[C@H](C)N(Cc1ccccc1)C(=O)CN(c1ccc(OC)c(Cl)c1)S(C)(=O)=O. The zero-order chi connectivity index (χ0) is 23.9. The number of nitrogens with one attached hydrogen (secondary N) is 1. The first kappa shape index (κ1) is 25.5. The minimum Gasteiger partial charge on any atom is -0.495 e. The quantitative estimate of drug-likeness (QED) is 0.562. The predicted molar refractivity (Wildman–Crippen MR) is 125 cm³/mol. The predicted octanol–water partition coefficient (Wildman–Crippen LogP) is 2.67. The fraction of sp³-hybridized carbons (Fsp3) is 0.364. The summed E-state index contributed by atoms with van der Waals surface area (Å²) in [6, 6.07) is 12.8. The third-order valence-electron chi connectivity index (χ3n) is 4.82. The maximum Gasteiger partial charge on any atom is 0.244 e. The lowest BCUT2D eigenvalue weighted by Crippen LogP contribution is -2.51. The molecule has 174 valence electrons. The number of halogens is 1. The molecule has 0 aliphatic rings. The van der Waals surface area contributed by atoms with Gasteiger partial charge in [-0.05, 0) is 37.6 Å². The summed E-state index contributed by atoms with van der Waals surface area (Å²) in [4.78, 5) is 27.2. The second-order valence-electron chi connectivity index (χ2n) is 7.17. The average molecular weight is 482 g/mol. The van der Waals surface area contributed by atoms with Crippen LogP contribution in [0.25, 0.3) is 0 Å². The van der Waals surface area contributed by atoms with E-state index in [2.05, 4.69) is 5.32 Å². The summed E-state index contributed by atoms with van der Waals surface area (Å²) in [7, 11) is -2.38. The van der Waals surface area contributed by atoms with Crippen molar-refractivity contribution in [3.63, 3.8) is 0 Å². The number of methoxy groups -OCH3 is 1. The number of hydrogen-bond donors (Lipinski definition) is 1. The summed E-state index contributed by atoms with van der Waals surface area (Å²) in [5, 5.41) is 2.92. The largest absolute Gasteiger partial charge is 0.495 e. The van der Waals surface area contributed by atoms with Crippen molar-refractivity contribution < 1.29 is 22.7 Å². The molecule has 1 atom stereocenters. The minimum atomic E-state index is -3.83. The summed E-state index contributed by atoms with van der Waals surface area (Å²) >= 11 is 6.16. The number of rotatable bonds is 10. The van der Waals surface area contributed by atoms with Crippen molar-refractivity contribution in [2.75, 3.05) is 30.8 Å². The van der Waals surface area contributed by atoms with Gasteiger partial charge in [0.05, 0.1) is 24.1 Å². The van der Waals surface area contributed by atoms with Gasteiger partial charge < -0.3 is 15.0 Å². The molecule has 2 aromatic rings. The molecule has 0 bridgehead atoms. The number of benzene rings is 2. The summed E-state index contributed by atoms with van der Waals surface area (Å²) in [5.74, 6) is -0.467. The molecule has 32 heavy (non-hydrogen) atoms.